The smallest absolute Gasteiger partial charge is 0.341 e. The van der Waals surface area contributed by atoms with Crippen molar-refractivity contribution in [2.75, 3.05) is 6.61 Å². The largest absolute Gasteiger partial charge is 0.462 e. The second-order valence-corrected chi connectivity index (χ2v) is 3.70. The number of aryl methyl sites for hydroxylation is 1. The standard InChI is InChI=1S/C13H14N4O2/c1-3-10-9(13(18)19-4-2)8-16-12(17-10)11-14-6-5-7-15-11/h5-8H,3-4H2,1-2H3. The Balaban J connectivity index is 2.39. The van der Waals surface area contributed by atoms with Crippen molar-refractivity contribution >= 4 is 5.97 Å². The molecule has 6 heteroatoms. The number of hydrogen-bond acceptors (Lipinski definition) is 6. The molecule has 2 rings (SSSR count). The molecule has 19 heavy (non-hydrogen) atoms. The lowest BCUT2D eigenvalue weighted by molar-refractivity contribution is 0.0524. The maximum atomic E-state index is 11.7. The van der Waals surface area contributed by atoms with Crippen molar-refractivity contribution in [3.05, 3.63) is 35.9 Å². The molecule has 0 aliphatic heterocycles. The molecule has 2 aromatic rings. The van der Waals surface area contributed by atoms with Crippen LogP contribution in [0.3, 0.4) is 0 Å². The van der Waals surface area contributed by atoms with Crippen molar-refractivity contribution in [2.45, 2.75) is 20.3 Å². The molecule has 0 aromatic carbocycles. The molecule has 0 fully saturated rings. The number of rotatable bonds is 4. The Labute approximate surface area is 110 Å². The molecular formula is C13H14N4O2. The SMILES string of the molecule is CCOC(=O)c1cnc(-c2ncccn2)nc1CC. The number of nitrogens with zero attached hydrogens (tertiary/aromatic N) is 4. The number of carbonyl (C=O) groups excluding carboxylic acids is 1. The molecule has 0 spiro atoms. The summed E-state index contributed by atoms with van der Waals surface area (Å²) in [7, 11) is 0. The van der Waals surface area contributed by atoms with Gasteiger partial charge in [-0.15, -0.1) is 0 Å². The third-order valence-electron chi connectivity index (χ3n) is 2.46. The van der Waals surface area contributed by atoms with Gasteiger partial charge in [0.15, 0.2) is 11.6 Å². The highest BCUT2D eigenvalue weighted by Crippen LogP contribution is 2.13. The fourth-order valence-corrected chi connectivity index (χ4v) is 1.59. The summed E-state index contributed by atoms with van der Waals surface area (Å²) >= 11 is 0. The molecule has 0 unspecified atom stereocenters. The maximum absolute atomic E-state index is 11.7. The van der Waals surface area contributed by atoms with E-state index in [2.05, 4.69) is 19.9 Å². The van der Waals surface area contributed by atoms with Gasteiger partial charge in [0.1, 0.15) is 0 Å². The number of aromatic nitrogens is 4. The van der Waals surface area contributed by atoms with Gasteiger partial charge in [-0.1, -0.05) is 6.92 Å². The van der Waals surface area contributed by atoms with E-state index in [-0.39, 0.29) is 0 Å². The summed E-state index contributed by atoms with van der Waals surface area (Å²) in [5, 5.41) is 0. The molecule has 0 radical (unpaired) electrons. The predicted molar refractivity (Wildman–Crippen MR) is 68.4 cm³/mol. The fourth-order valence-electron chi connectivity index (χ4n) is 1.59. The second kappa shape index (κ2) is 5.99. The van der Waals surface area contributed by atoms with Crippen molar-refractivity contribution in [3.63, 3.8) is 0 Å². The molecule has 2 heterocycles. The molecule has 0 saturated carbocycles. The van der Waals surface area contributed by atoms with Gasteiger partial charge in [-0.05, 0) is 19.4 Å². The number of esters is 1. The van der Waals surface area contributed by atoms with Gasteiger partial charge in [0.2, 0.25) is 0 Å². The molecule has 98 valence electrons. The Morgan fingerprint density at radius 2 is 1.89 bits per heavy atom. The zero-order chi connectivity index (χ0) is 13.7. The van der Waals surface area contributed by atoms with Crippen LogP contribution in [0, 0.1) is 0 Å². The van der Waals surface area contributed by atoms with E-state index >= 15 is 0 Å². The molecule has 0 aliphatic rings. The van der Waals surface area contributed by atoms with E-state index in [1.807, 2.05) is 6.92 Å². The number of ether oxygens (including phenoxy) is 1. The van der Waals surface area contributed by atoms with Crippen LogP contribution in [-0.4, -0.2) is 32.5 Å². The highest BCUT2D eigenvalue weighted by molar-refractivity contribution is 5.90. The van der Waals surface area contributed by atoms with Crippen LogP contribution in [0.2, 0.25) is 0 Å². The van der Waals surface area contributed by atoms with Gasteiger partial charge < -0.3 is 4.74 Å². The van der Waals surface area contributed by atoms with Crippen LogP contribution in [0.25, 0.3) is 11.6 Å². The minimum absolute atomic E-state index is 0.325. The van der Waals surface area contributed by atoms with Crippen molar-refractivity contribution in [1.29, 1.82) is 0 Å². The molecule has 0 amide bonds. The summed E-state index contributed by atoms with van der Waals surface area (Å²) in [4.78, 5) is 28.4. The monoisotopic (exact) mass is 258 g/mol. The first-order chi connectivity index (χ1) is 9.26. The summed E-state index contributed by atoms with van der Waals surface area (Å²) in [5.41, 5.74) is 1.03. The molecule has 0 N–H and O–H groups in total. The van der Waals surface area contributed by atoms with Crippen LogP contribution in [0.5, 0.6) is 0 Å². The summed E-state index contributed by atoms with van der Waals surface area (Å²) in [6, 6.07) is 1.72. The molecular weight excluding hydrogens is 244 g/mol. The molecule has 0 saturated heterocycles. The summed E-state index contributed by atoms with van der Waals surface area (Å²) in [6.07, 6.45) is 5.32. The topological polar surface area (TPSA) is 77.9 Å². The highest BCUT2D eigenvalue weighted by atomic mass is 16.5. The van der Waals surface area contributed by atoms with Gasteiger partial charge >= 0.3 is 5.97 Å². The van der Waals surface area contributed by atoms with Crippen molar-refractivity contribution in [2.24, 2.45) is 0 Å². The fraction of sp³-hybridized carbons (Fsp3) is 0.308. The average Bonchev–Trinajstić information content (AvgIpc) is 2.47. The molecule has 6 nitrogen and oxygen atoms in total. The molecule has 0 aliphatic carbocycles. The number of carbonyl (C=O) groups is 1. The van der Waals surface area contributed by atoms with Crippen LogP contribution >= 0.6 is 0 Å². The van der Waals surface area contributed by atoms with E-state index in [0.29, 0.717) is 35.9 Å². The first kappa shape index (κ1) is 13.1. The Bertz CT molecular complexity index is 572. The zero-order valence-electron chi connectivity index (χ0n) is 10.8. The van der Waals surface area contributed by atoms with Crippen LogP contribution in [0.4, 0.5) is 0 Å². The Morgan fingerprint density at radius 1 is 1.16 bits per heavy atom. The zero-order valence-corrected chi connectivity index (χ0v) is 10.8. The van der Waals surface area contributed by atoms with Crippen LogP contribution in [0.1, 0.15) is 29.9 Å². The molecule has 0 atom stereocenters. The Morgan fingerprint density at radius 3 is 2.53 bits per heavy atom. The summed E-state index contributed by atoms with van der Waals surface area (Å²) < 4.78 is 4.97. The lowest BCUT2D eigenvalue weighted by atomic mass is 10.2. The molecule has 0 bridgehead atoms. The quantitative estimate of drug-likeness (QED) is 0.776. The minimum atomic E-state index is -0.403. The van der Waals surface area contributed by atoms with Crippen LogP contribution < -0.4 is 0 Å². The second-order valence-electron chi connectivity index (χ2n) is 3.70. The summed E-state index contributed by atoms with van der Waals surface area (Å²) in [6.45, 7) is 4.00. The van der Waals surface area contributed by atoms with E-state index in [0.717, 1.165) is 0 Å². The Hall–Kier alpha value is -2.37. The van der Waals surface area contributed by atoms with Gasteiger partial charge in [0.25, 0.3) is 0 Å². The van der Waals surface area contributed by atoms with Crippen molar-refractivity contribution < 1.29 is 9.53 Å². The van der Waals surface area contributed by atoms with Crippen LogP contribution in [0.15, 0.2) is 24.7 Å². The highest BCUT2D eigenvalue weighted by Gasteiger charge is 2.15. The van der Waals surface area contributed by atoms with E-state index in [9.17, 15) is 4.79 Å². The lowest BCUT2D eigenvalue weighted by Crippen LogP contribution is -2.11. The normalized spacial score (nSPS) is 10.2. The third-order valence-corrected chi connectivity index (χ3v) is 2.46. The number of hydrogen-bond donors (Lipinski definition) is 0. The first-order valence-electron chi connectivity index (χ1n) is 6.06. The Kier molecular flexibility index (Phi) is 4.12. The maximum Gasteiger partial charge on any atom is 0.341 e. The lowest BCUT2D eigenvalue weighted by Gasteiger charge is -2.07. The van der Waals surface area contributed by atoms with E-state index in [1.165, 1.54) is 6.20 Å². The summed E-state index contributed by atoms with van der Waals surface area (Å²) in [5.74, 6) is 0.443. The van der Waals surface area contributed by atoms with Gasteiger partial charge in [-0.3, -0.25) is 0 Å². The van der Waals surface area contributed by atoms with Crippen LogP contribution in [-0.2, 0) is 11.2 Å². The van der Waals surface area contributed by atoms with E-state index in [1.54, 1.807) is 25.4 Å². The minimum Gasteiger partial charge on any atom is -0.462 e. The van der Waals surface area contributed by atoms with Gasteiger partial charge in [-0.2, -0.15) is 0 Å². The average molecular weight is 258 g/mol. The van der Waals surface area contributed by atoms with E-state index < -0.39 is 5.97 Å². The third kappa shape index (κ3) is 2.90. The predicted octanol–water partition coefficient (Wildman–Crippen LogP) is 1.67. The molecule has 2 aromatic heterocycles. The van der Waals surface area contributed by atoms with Gasteiger partial charge in [0.05, 0.1) is 17.9 Å². The van der Waals surface area contributed by atoms with Gasteiger partial charge in [0, 0.05) is 18.6 Å². The van der Waals surface area contributed by atoms with Crippen molar-refractivity contribution in [3.8, 4) is 11.6 Å². The first-order valence-corrected chi connectivity index (χ1v) is 6.06. The van der Waals surface area contributed by atoms with Crippen molar-refractivity contribution in [1.82, 2.24) is 19.9 Å². The van der Waals surface area contributed by atoms with E-state index in [4.69, 9.17) is 4.74 Å². The van der Waals surface area contributed by atoms with Gasteiger partial charge in [-0.25, -0.2) is 24.7 Å².